The van der Waals surface area contributed by atoms with Crippen LogP contribution in [0.2, 0.25) is 0 Å². The van der Waals surface area contributed by atoms with Crippen LogP contribution in [-0.2, 0) is 0 Å². The van der Waals surface area contributed by atoms with E-state index < -0.39 is 0 Å². The van der Waals surface area contributed by atoms with Gasteiger partial charge in [0, 0.05) is 25.0 Å². The molecule has 3 aromatic rings. The molecule has 3 rings (SSSR count). The minimum absolute atomic E-state index is 0.424. The standard InChI is InChI=1S/C18H22N4O/c1-3-21(4-2)13-14-23-18-19-11-9-17(20-18)22-12-10-15-7-5-6-8-16(15)22/h5-12H,3-4,13-14H2,1-2H3. The average molecular weight is 310 g/mol. The molecule has 0 atom stereocenters. The van der Waals surface area contributed by atoms with E-state index in [1.54, 1.807) is 6.20 Å². The van der Waals surface area contributed by atoms with Gasteiger partial charge in [0.15, 0.2) is 0 Å². The third kappa shape index (κ3) is 3.51. The largest absolute Gasteiger partial charge is 0.462 e. The van der Waals surface area contributed by atoms with E-state index in [0.717, 1.165) is 31.0 Å². The lowest BCUT2D eigenvalue weighted by molar-refractivity contribution is 0.212. The first kappa shape index (κ1) is 15.5. The molecule has 0 bridgehead atoms. The molecule has 5 heteroatoms. The third-order valence-corrected chi connectivity index (χ3v) is 4.00. The van der Waals surface area contributed by atoms with Gasteiger partial charge in [-0.05, 0) is 30.6 Å². The Hall–Kier alpha value is -2.40. The summed E-state index contributed by atoms with van der Waals surface area (Å²) >= 11 is 0. The molecule has 23 heavy (non-hydrogen) atoms. The van der Waals surface area contributed by atoms with E-state index in [9.17, 15) is 0 Å². The molecule has 0 aliphatic rings. The summed E-state index contributed by atoms with van der Waals surface area (Å²) in [6, 6.07) is 12.6. The van der Waals surface area contributed by atoms with Gasteiger partial charge in [0.05, 0.1) is 5.52 Å². The second-order valence-electron chi connectivity index (χ2n) is 5.32. The van der Waals surface area contributed by atoms with Gasteiger partial charge in [0.2, 0.25) is 0 Å². The van der Waals surface area contributed by atoms with Gasteiger partial charge < -0.3 is 14.2 Å². The molecule has 0 aliphatic heterocycles. The van der Waals surface area contributed by atoms with E-state index in [1.807, 2.05) is 29.0 Å². The second-order valence-corrected chi connectivity index (χ2v) is 5.32. The number of para-hydroxylation sites is 1. The van der Waals surface area contributed by atoms with Crippen LogP contribution in [0, 0.1) is 0 Å². The van der Waals surface area contributed by atoms with Crippen LogP contribution in [-0.4, -0.2) is 45.7 Å². The molecule has 0 radical (unpaired) electrons. The molecule has 5 nitrogen and oxygen atoms in total. The van der Waals surface area contributed by atoms with Crippen molar-refractivity contribution in [3.05, 3.63) is 48.8 Å². The lowest BCUT2D eigenvalue weighted by atomic mass is 10.2. The maximum atomic E-state index is 5.71. The first-order valence-electron chi connectivity index (χ1n) is 8.06. The van der Waals surface area contributed by atoms with Crippen molar-refractivity contribution in [2.75, 3.05) is 26.2 Å². The van der Waals surface area contributed by atoms with Crippen LogP contribution in [0.4, 0.5) is 0 Å². The molecule has 0 spiro atoms. The van der Waals surface area contributed by atoms with E-state index in [2.05, 4.69) is 46.9 Å². The highest BCUT2D eigenvalue weighted by atomic mass is 16.5. The lowest BCUT2D eigenvalue weighted by Gasteiger charge is -2.17. The van der Waals surface area contributed by atoms with Gasteiger partial charge in [0.1, 0.15) is 12.4 Å². The van der Waals surface area contributed by atoms with Gasteiger partial charge in [-0.2, -0.15) is 4.98 Å². The van der Waals surface area contributed by atoms with Crippen LogP contribution >= 0.6 is 0 Å². The van der Waals surface area contributed by atoms with Crippen molar-refractivity contribution in [3.63, 3.8) is 0 Å². The maximum absolute atomic E-state index is 5.71. The van der Waals surface area contributed by atoms with Crippen molar-refractivity contribution < 1.29 is 4.74 Å². The van der Waals surface area contributed by atoms with Crippen LogP contribution < -0.4 is 4.74 Å². The summed E-state index contributed by atoms with van der Waals surface area (Å²) in [6.45, 7) is 7.83. The van der Waals surface area contributed by atoms with Crippen LogP contribution in [0.25, 0.3) is 16.7 Å². The quantitative estimate of drug-likeness (QED) is 0.672. The lowest BCUT2D eigenvalue weighted by Crippen LogP contribution is -2.28. The Morgan fingerprint density at radius 2 is 1.91 bits per heavy atom. The molecule has 2 aromatic heterocycles. The van der Waals surface area contributed by atoms with Crippen molar-refractivity contribution >= 4 is 10.9 Å². The van der Waals surface area contributed by atoms with Crippen LogP contribution in [0.5, 0.6) is 6.01 Å². The molecule has 0 saturated heterocycles. The molecular formula is C18H22N4O. The Kier molecular flexibility index (Phi) is 4.88. The number of aromatic nitrogens is 3. The highest BCUT2D eigenvalue weighted by Crippen LogP contribution is 2.19. The zero-order valence-corrected chi connectivity index (χ0v) is 13.6. The van der Waals surface area contributed by atoms with E-state index >= 15 is 0 Å². The van der Waals surface area contributed by atoms with Gasteiger partial charge in [-0.15, -0.1) is 0 Å². The molecule has 0 fully saturated rings. The van der Waals surface area contributed by atoms with Crippen LogP contribution in [0.3, 0.4) is 0 Å². The minimum atomic E-state index is 0.424. The molecule has 0 amide bonds. The Balaban J connectivity index is 1.75. The summed E-state index contributed by atoms with van der Waals surface area (Å²) < 4.78 is 7.76. The Bertz CT molecular complexity index is 764. The van der Waals surface area contributed by atoms with Crippen molar-refractivity contribution in [2.24, 2.45) is 0 Å². The van der Waals surface area contributed by atoms with E-state index in [4.69, 9.17) is 4.74 Å². The number of ether oxygens (including phenoxy) is 1. The predicted octanol–water partition coefficient (Wildman–Crippen LogP) is 3.14. The Morgan fingerprint density at radius 3 is 2.74 bits per heavy atom. The summed E-state index contributed by atoms with van der Waals surface area (Å²) in [5.74, 6) is 0.819. The fraction of sp³-hybridized carbons (Fsp3) is 0.333. The summed E-state index contributed by atoms with van der Waals surface area (Å²) in [5.41, 5.74) is 1.13. The smallest absolute Gasteiger partial charge is 0.318 e. The van der Waals surface area contributed by atoms with E-state index in [1.165, 1.54) is 5.39 Å². The molecule has 1 aromatic carbocycles. The third-order valence-electron chi connectivity index (χ3n) is 4.00. The molecule has 2 heterocycles. The summed E-state index contributed by atoms with van der Waals surface area (Å²) in [6.07, 6.45) is 3.76. The number of nitrogens with zero attached hydrogens (tertiary/aromatic N) is 4. The molecule has 0 unspecified atom stereocenters. The SMILES string of the molecule is CCN(CC)CCOc1nccc(-n2ccc3ccccc32)n1. The average Bonchev–Trinajstić information content (AvgIpc) is 3.03. The highest BCUT2D eigenvalue weighted by Gasteiger charge is 2.06. The molecule has 120 valence electrons. The minimum Gasteiger partial charge on any atom is -0.462 e. The van der Waals surface area contributed by atoms with Gasteiger partial charge in [0.25, 0.3) is 0 Å². The summed E-state index contributed by atoms with van der Waals surface area (Å²) in [5, 5.41) is 1.19. The number of hydrogen-bond donors (Lipinski definition) is 0. The number of rotatable bonds is 7. The second kappa shape index (κ2) is 7.24. The van der Waals surface area contributed by atoms with Crippen molar-refractivity contribution in [1.29, 1.82) is 0 Å². The number of hydrogen-bond acceptors (Lipinski definition) is 4. The van der Waals surface area contributed by atoms with Gasteiger partial charge >= 0.3 is 6.01 Å². The summed E-state index contributed by atoms with van der Waals surface area (Å²) in [4.78, 5) is 11.0. The Labute approximate surface area is 136 Å². The normalized spacial score (nSPS) is 11.3. The highest BCUT2D eigenvalue weighted by molar-refractivity contribution is 5.81. The summed E-state index contributed by atoms with van der Waals surface area (Å²) in [7, 11) is 0. The number of fused-ring (bicyclic) bond motifs is 1. The van der Waals surface area contributed by atoms with Gasteiger partial charge in [-0.25, -0.2) is 4.98 Å². The van der Waals surface area contributed by atoms with Crippen molar-refractivity contribution in [3.8, 4) is 11.8 Å². The van der Waals surface area contributed by atoms with Crippen molar-refractivity contribution in [2.45, 2.75) is 13.8 Å². The topological polar surface area (TPSA) is 43.2 Å². The number of benzene rings is 1. The molecular weight excluding hydrogens is 288 g/mol. The van der Waals surface area contributed by atoms with Gasteiger partial charge in [-0.1, -0.05) is 32.0 Å². The molecule has 0 saturated carbocycles. The van der Waals surface area contributed by atoms with Crippen molar-refractivity contribution in [1.82, 2.24) is 19.4 Å². The number of likely N-dealkylation sites (N-methyl/N-ethyl adjacent to an activating group) is 1. The fourth-order valence-electron chi connectivity index (χ4n) is 2.62. The van der Waals surface area contributed by atoms with Gasteiger partial charge in [-0.3, -0.25) is 0 Å². The van der Waals surface area contributed by atoms with E-state index in [0.29, 0.717) is 12.6 Å². The van der Waals surface area contributed by atoms with Crippen LogP contribution in [0.1, 0.15) is 13.8 Å². The molecule has 0 aliphatic carbocycles. The fourth-order valence-corrected chi connectivity index (χ4v) is 2.62. The molecule has 0 N–H and O–H groups in total. The Morgan fingerprint density at radius 1 is 1.09 bits per heavy atom. The first-order valence-corrected chi connectivity index (χ1v) is 8.06. The maximum Gasteiger partial charge on any atom is 0.318 e. The van der Waals surface area contributed by atoms with Crippen LogP contribution in [0.15, 0.2) is 48.8 Å². The predicted molar refractivity (Wildman–Crippen MR) is 92.1 cm³/mol. The first-order chi connectivity index (χ1) is 11.3. The van der Waals surface area contributed by atoms with E-state index in [-0.39, 0.29) is 0 Å². The zero-order valence-electron chi connectivity index (χ0n) is 13.6. The zero-order chi connectivity index (χ0) is 16.1. The monoisotopic (exact) mass is 310 g/mol.